The van der Waals surface area contributed by atoms with Gasteiger partial charge in [0, 0.05) is 12.0 Å². The first-order valence-corrected chi connectivity index (χ1v) is 8.03. The molecule has 138 valence electrons. The van der Waals surface area contributed by atoms with Gasteiger partial charge in [0.1, 0.15) is 11.5 Å². The molecule has 0 aliphatic rings. The maximum Gasteiger partial charge on any atom is 0.387 e. The lowest BCUT2D eigenvalue weighted by molar-refractivity contribution is -0.116. The molecule has 0 spiro atoms. The molecule has 0 aliphatic carbocycles. The summed E-state index contributed by atoms with van der Waals surface area (Å²) in [5.74, 6) is 0.166. The Morgan fingerprint density at radius 3 is 2.42 bits per heavy atom. The van der Waals surface area contributed by atoms with Crippen molar-refractivity contribution in [1.29, 1.82) is 0 Å². The van der Waals surface area contributed by atoms with E-state index in [1.165, 1.54) is 19.1 Å². The van der Waals surface area contributed by atoms with Crippen LogP contribution in [-0.4, -0.2) is 24.9 Å². The van der Waals surface area contributed by atoms with Gasteiger partial charge in [-0.05, 0) is 49.7 Å². The van der Waals surface area contributed by atoms with Crippen LogP contribution in [0, 0.1) is 0 Å². The highest BCUT2D eigenvalue weighted by atomic mass is 19.3. The zero-order valence-electron chi connectivity index (χ0n) is 14.2. The molecule has 26 heavy (non-hydrogen) atoms. The number of hydrogen-bond acceptors (Lipinski definition) is 4. The highest BCUT2D eigenvalue weighted by molar-refractivity contribution is 5.94. The van der Waals surface area contributed by atoms with Crippen molar-refractivity contribution in [3.63, 3.8) is 0 Å². The number of ether oxygens (including phenoxy) is 2. The SMILES string of the molecule is CC(=O)c1ccc(OCCCC(=O)Nc2ccccc2OC(F)F)cc1. The molecule has 0 radical (unpaired) electrons. The molecule has 2 rings (SSSR count). The van der Waals surface area contributed by atoms with Crippen LogP contribution in [-0.2, 0) is 4.79 Å². The number of alkyl halides is 2. The van der Waals surface area contributed by atoms with Crippen LogP contribution < -0.4 is 14.8 Å². The van der Waals surface area contributed by atoms with Crippen molar-refractivity contribution in [3.05, 3.63) is 54.1 Å². The van der Waals surface area contributed by atoms with Gasteiger partial charge >= 0.3 is 6.61 Å². The van der Waals surface area contributed by atoms with Crippen molar-refractivity contribution in [2.75, 3.05) is 11.9 Å². The fourth-order valence-electron chi connectivity index (χ4n) is 2.19. The number of benzene rings is 2. The van der Waals surface area contributed by atoms with Gasteiger partial charge < -0.3 is 14.8 Å². The number of Topliss-reactive ketones (excluding diaryl/α,β-unsaturated/α-hetero) is 1. The van der Waals surface area contributed by atoms with Gasteiger partial charge in [0.25, 0.3) is 0 Å². The van der Waals surface area contributed by atoms with Crippen molar-refractivity contribution in [3.8, 4) is 11.5 Å². The molecule has 5 nitrogen and oxygen atoms in total. The normalized spacial score (nSPS) is 10.5. The fourth-order valence-corrected chi connectivity index (χ4v) is 2.19. The number of nitrogens with one attached hydrogen (secondary N) is 1. The Kier molecular flexibility index (Phi) is 7.08. The predicted molar refractivity (Wildman–Crippen MR) is 92.9 cm³/mol. The van der Waals surface area contributed by atoms with Gasteiger partial charge in [-0.3, -0.25) is 9.59 Å². The second-order valence-corrected chi connectivity index (χ2v) is 5.46. The van der Waals surface area contributed by atoms with Crippen LogP contribution in [0.25, 0.3) is 0 Å². The lowest BCUT2D eigenvalue weighted by Gasteiger charge is -2.11. The van der Waals surface area contributed by atoms with Gasteiger partial charge in [0.15, 0.2) is 5.78 Å². The van der Waals surface area contributed by atoms with E-state index in [0.717, 1.165) is 0 Å². The Bertz CT molecular complexity index is 747. The number of carbonyl (C=O) groups excluding carboxylic acids is 2. The summed E-state index contributed by atoms with van der Waals surface area (Å²) in [7, 11) is 0. The lowest BCUT2D eigenvalue weighted by atomic mass is 10.1. The molecular formula is C19H19F2NO4. The van der Waals surface area contributed by atoms with Gasteiger partial charge in [0.05, 0.1) is 12.3 Å². The smallest absolute Gasteiger partial charge is 0.387 e. The molecule has 0 saturated carbocycles. The van der Waals surface area contributed by atoms with E-state index in [1.54, 1.807) is 36.4 Å². The summed E-state index contributed by atoms with van der Waals surface area (Å²) < 4.78 is 34.6. The van der Waals surface area contributed by atoms with Crippen molar-refractivity contribution < 1.29 is 27.8 Å². The summed E-state index contributed by atoms with van der Waals surface area (Å²) in [6.45, 7) is -1.17. The van der Waals surface area contributed by atoms with E-state index in [1.807, 2.05) is 0 Å². The van der Waals surface area contributed by atoms with Crippen molar-refractivity contribution in [2.24, 2.45) is 0 Å². The summed E-state index contributed by atoms with van der Waals surface area (Å²) in [5.41, 5.74) is 0.792. The van der Waals surface area contributed by atoms with Crippen LogP contribution in [0.15, 0.2) is 48.5 Å². The topological polar surface area (TPSA) is 64.6 Å². The predicted octanol–water partition coefficient (Wildman–Crippen LogP) is 4.29. The number of halogens is 2. The van der Waals surface area contributed by atoms with Crippen molar-refractivity contribution in [1.82, 2.24) is 0 Å². The van der Waals surface area contributed by atoms with E-state index in [9.17, 15) is 18.4 Å². The second kappa shape index (κ2) is 9.50. The van der Waals surface area contributed by atoms with Crippen molar-refractivity contribution >= 4 is 17.4 Å². The minimum Gasteiger partial charge on any atom is -0.494 e. The minimum atomic E-state index is -2.96. The summed E-state index contributed by atoms with van der Waals surface area (Å²) >= 11 is 0. The van der Waals surface area contributed by atoms with Gasteiger partial charge in [-0.2, -0.15) is 8.78 Å². The quantitative estimate of drug-likeness (QED) is 0.533. The number of carbonyl (C=O) groups is 2. The van der Waals surface area contributed by atoms with Crippen LogP contribution >= 0.6 is 0 Å². The fraction of sp³-hybridized carbons (Fsp3) is 0.263. The average Bonchev–Trinajstić information content (AvgIpc) is 2.60. The molecule has 1 N–H and O–H groups in total. The number of amides is 1. The Balaban J connectivity index is 1.76. The van der Waals surface area contributed by atoms with Crippen LogP contribution in [0.5, 0.6) is 11.5 Å². The number of hydrogen-bond donors (Lipinski definition) is 1. The van der Waals surface area contributed by atoms with Gasteiger partial charge in [-0.1, -0.05) is 12.1 Å². The number of ketones is 1. The Morgan fingerprint density at radius 1 is 1.08 bits per heavy atom. The number of rotatable bonds is 9. The molecule has 0 bridgehead atoms. The van der Waals surface area contributed by atoms with Crippen LogP contribution in [0.3, 0.4) is 0 Å². The monoisotopic (exact) mass is 363 g/mol. The maximum atomic E-state index is 12.3. The summed E-state index contributed by atoms with van der Waals surface area (Å²) in [4.78, 5) is 23.1. The van der Waals surface area contributed by atoms with Gasteiger partial charge in [-0.25, -0.2) is 0 Å². The van der Waals surface area contributed by atoms with E-state index >= 15 is 0 Å². The molecule has 0 aliphatic heterocycles. The van der Waals surface area contributed by atoms with Gasteiger partial charge in [-0.15, -0.1) is 0 Å². The Hall–Kier alpha value is -2.96. The van der Waals surface area contributed by atoms with E-state index < -0.39 is 6.61 Å². The number of anilines is 1. The maximum absolute atomic E-state index is 12.3. The first-order chi connectivity index (χ1) is 12.5. The third kappa shape index (κ3) is 6.16. The average molecular weight is 363 g/mol. The highest BCUT2D eigenvalue weighted by Crippen LogP contribution is 2.25. The molecule has 0 unspecified atom stereocenters. The van der Waals surface area contributed by atoms with E-state index in [-0.39, 0.29) is 29.5 Å². The molecule has 0 atom stereocenters. The Labute approximate surface area is 149 Å². The van der Waals surface area contributed by atoms with Crippen LogP contribution in [0.2, 0.25) is 0 Å². The first-order valence-electron chi connectivity index (χ1n) is 8.03. The molecule has 0 heterocycles. The standard InChI is InChI=1S/C19H19F2NO4/c1-13(23)14-8-10-15(11-9-14)25-12-4-7-18(24)22-16-5-2-3-6-17(16)26-19(20)21/h2-3,5-6,8-11,19H,4,7,12H2,1H3,(H,22,24). The van der Waals surface area contributed by atoms with Gasteiger partial charge in [0.2, 0.25) is 5.91 Å². The molecule has 0 aromatic heterocycles. The third-order valence-corrected chi connectivity index (χ3v) is 3.45. The largest absolute Gasteiger partial charge is 0.494 e. The number of para-hydroxylation sites is 2. The zero-order chi connectivity index (χ0) is 18.9. The highest BCUT2D eigenvalue weighted by Gasteiger charge is 2.11. The first kappa shape index (κ1) is 19.4. The van der Waals surface area contributed by atoms with Crippen LogP contribution in [0.1, 0.15) is 30.1 Å². The van der Waals surface area contributed by atoms with Crippen molar-refractivity contribution in [2.45, 2.75) is 26.4 Å². The molecule has 0 saturated heterocycles. The summed E-state index contributed by atoms with van der Waals surface area (Å²) in [6.07, 6.45) is 0.604. The van der Waals surface area contributed by atoms with E-state index in [4.69, 9.17) is 4.74 Å². The third-order valence-electron chi connectivity index (χ3n) is 3.45. The lowest BCUT2D eigenvalue weighted by Crippen LogP contribution is -2.14. The molecule has 2 aromatic carbocycles. The van der Waals surface area contributed by atoms with E-state index in [2.05, 4.69) is 10.1 Å². The Morgan fingerprint density at radius 2 is 1.77 bits per heavy atom. The summed E-state index contributed by atoms with van der Waals surface area (Å²) in [6, 6.07) is 12.7. The summed E-state index contributed by atoms with van der Waals surface area (Å²) in [5, 5.41) is 2.54. The molecule has 0 fully saturated rings. The molecular weight excluding hydrogens is 344 g/mol. The zero-order valence-corrected chi connectivity index (χ0v) is 14.2. The molecule has 2 aromatic rings. The minimum absolute atomic E-state index is 0.0238. The van der Waals surface area contributed by atoms with E-state index in [0.29, 0.717) is 24.3 Å². The second-order valence-electron chi connectivity index (χ2n) is 5.46. The van der Waals surface area contributed by atoms with Crippen LogP contribution in [0.4, 0.5) is 14.5 Å². The molecule has 1 amide bonds. The molecule has 7 heteroatoms.